The van der Waals surface area contributed by atoms with E-state index in [0.717, 1.165) is 30.8 Å². The van der Waals surface area contributed by atoms with Gasteiger partial charge >= 0.3 is 0 Å². The van der Waals surface area contributed by atoms with Crippen LogP contribution in [-0.2, 0) is 16.1 Å². The van der Waals surface area contributed by atoms with Gasteiger partial charge in [0.2, 0.25) is 5.91 Å². The van der Waals surface area contributed by atoms with Gasteiger partial charge in [0.15, 0.2) is 0 Å². The van der Waals surface area contributed by atoms with E-state index in [-0.39, 0.29) is 35.8 Å². The molecule has 0 aromatic heterocycles. The van der Waals surface area contributed by atoms with Crippen LogP contribution in [0.5, 0.6) is 5.75 Å². The quantitative estimate of drug-likeness (QED) is 0.869. The van der Waals surface area contributed by atoms with Crippen molar-refractivity contribution in [3.05, 3.63) is 29.8 Å². The van der Waals surface area contributed by atoms with Crippen molar-refractivity contribution in [2.75, 3.05) is 13.7 Å². The first-order valence-electron chi connectivity index (χ1n) is 8.23. The Kier molecular flexibility index (Phi) is 5.47. The average molecular weight is 355 g/mol. The third-order valence-corrected chi connectivity index (χ3v) is 5.65. The van der Waals surface area contributed by atoms with Crippen LogP contribution in [0.3, 0.4) is 0 Å². The van der Waals surface area contributed by atoms with E-state index in [4.69, 9.17) is 15.2 Å². The van der Waals surface area contributed by atoms with Crippen LogP contribution in [0.1, 0.15) is 32.3 Å². The molecule has 134 valence electrons. The lowest BCUT2D eigenvalue weighted by Gasteiger charge is -2.65. The molecule has 6 heteroatoms. The molecule has 1 aliphatic heterocycles. The fourth-order valence-corrected chi connectivity index (χ4v) is 4.15. The molecule has 1 aliphatic carbocycles. The molecule has 0 bridgehead atoms. The van der Waals surface area contributed by atoms with E-state index in [1.165, 1.54) is 0 Å². The van der Waals surface area contributed by atoms with Crippen LogP contribution in [0.25, 0.3) is 0 Å². The zero-order valence-electron chi connectivity index (χ0n) is 14.5. The Morgan fingerprint density at radius 1 is 1.46 bits per heavy atom. The Bertz CT molecular complexity index is 608. The van der Waals surface area contributed by atoms with Crippen LogP contribution < -0.4 is 15.8 Å². The van der Waals surface area contributed by atoms with E-state index in [9.17, 15) is 4.79 Å². The Hall–Kier alpha value is -1.30. The van der Waals surface area contributed by atoms with E-state index in [1.807, 2.05) is 38.1 Å². The topological polar surface area (TPSA) is 73.6 Å². The smallest absolute Gasteiger partial charge is 0.241 e. The van der Waals surface area contributed by atoms with Crippen molar-refractivity contribution in [3.63, 3.8) is 0 Å². The van der Waals surface area contributed by atoms with Crippen LogP contribution in [-0.4, -0.2) is 31.3 Å². The minimum atomic E-state index is -0.864. The third kappa shape index (κ3) is 2.79. The Labute approximate surface area is 149 Å². The lowest BCUT2D eigenvalue weighted by Crippen LogP contribution is -2.82. The number of methoxy groups -OCH3 is 1. The van der Waals surface area contributed by atoms with Gasteiger partial charge in [0.25, 0.3) is 0 Å². The number of carbonyl (C=O) groups excluding carboxylic acids is 1. The van der Waals surface area contributed by atoms with Gasteiger partial charge in [-0.05, 0) is 30.5 Å². The Balaban J connectivity index is 0.00000208. The van der Waals surface area contributed by atoms with Gasteiger partial charge in [-0.25, -0.2) is 0 Å². The number of carbonyl (C=O) groups is 1. The minimum absolute atomic E-state index is 0. The molecule has 5 nitrogen and oxygen atoms in total. The van der Waals surface area contributed by atoms with Crippen molar-refractivity contribution in [1.82, 2.24) is 5.32 Å². The largest absolute Gasteiger partial charge is 0.497 e. The number of fused-ring (bicyclic) bond motifs is 1. The predicted molar refractivity (Wildman–Crippen MR) is 95.3 cm³/mol. The summed E-state index contributed by atoms with van der Waals surface area (Å²) in [7, 11) is 1.63. The highest BCUT2D eigenvalue weighted by Gasteiger charge is 2.70. The number of ether oxygens (including phenoxy) is 2. The van der Waals surface area contributed by atoms with E-state index in [2.05, 4.69) is 5.32 Å². The van der Waals surface area contributed by atoms with Crippen LogP contribution in [0, 0.1) is 11.3 Å². The van der Waals surface area contributed by atoms with Gasteiger partial charge < -0.3 is 20.5 Å². The van der Waals surface area contributed by atoms with Crippen LogP contribution in [0.2, 0.25) is 0 Å². The van der Waals surface area contributed by atoms with Crippen molar-refractivity contribution in [2.45, 2.75) is 44.9 Å². The van der Waals surface area contributed by atoms with E-state index in [1.54, 1.807) is 7.11 Å². The minimum Gasteiger partial charge on any atom is -0.497 e. The molecule has 2 aliphatic rings. The molecule has 24 heavy (non-hydrogen) atoms. The van der Waals surface area contributed by atoms with Gasteiger partial charge in [0.05, 0.1) is 13.2 Å². The Morgan fingerprint density at radius 3 is 2.92 bits per heavy atom. The maximum Gasteiger partial charge on any atom is 0.241 e. The second-order valence-corrected chi connectivity index (χ2v) is 7.17. The first-order chi connectivity index (χ1) is 10.9. The molecule has 3 N–H and O–H groups in total. The van der Waals surface area contributed by atoms with Crippen LogP contribution in [0.15, 0.2) is 24.3 Å². The second kappa shape index (κ2) is 6.90. The van der Waals surface area contributed by atoms with Gasteiger partial charge in [-0.2, -0.15) is 0 Å². The van der Waals surface area contributed by atoms with Gasteiger partial charge in [-0.1, -0.05) is 26.0 Å². The number of amides is 1. The van der Waals surface area contributed by atoms with Crippen molar-refractivity contribution in [2.24, 2.45) is 17.1 Å². The normalized spacial score (nSPS) is 30.3. The van der Waals surface area contributed by atoms with Crippen LogP contribution >= 0.6 is 12.4 Å². The molecule has 3 rings (SSSR count). The van der Waals surface area contributed by atoms with E-state index in [0.29, 0.717) is 6.54 Å². The van der Waals surface area contributed by atoms with Crippen molar-refractivity contribution < 1.29 is 14.3 Å². The highest BCUT2D eigenvalue weighted by atomic mass is 35.5. The van der Waals surface area contributed by atoms with Crippen molar-refractivity contribution in [3.8, 4) is 5.75 Å². The molecule has 1 heterocycles. The number of hydrogen-bond donors (Lipinski definition) is 2. The summed E-state index contributed by atoms with van der Waals surface area (Å²) in [6.45, 7) is 5.28. The molecule has 2 fully saturated rings. The monoisotopic (exact) mass is 354 g/mol. The van der Waals surface area contributed by atoms with Gasteiger partial charge in [0, 0.05) is 24.5 Å². The maximum atomic E-state index is 12.8. The van der Waals surface area contributed by atoms with E-state index >= 15 is 0 Å². The first kappa shape index (κ1) is 19.0. The summed E-state index contributed by atoms with van der Waals surface area (Å²) in [6.07, 6.45) is 2.01. The molecule has 0 radical (unpaired) electrons. The first-order valence-corrected chi connectivity index (χ1v) is 8.23. The molecule has 3 unspecified atom stereocenters. The number of benzene rings is 1. The number of hydrogen-bond acceptors (Lipinski definition) is 4. The molecule has 3 atom stereocenters. The lowest BCUT2D eigenvalue weighted by molar-refractivity contribution is -0.225. The zero-order valence-corrected chi connectivity index (χ0v) is 15.3. The van der Waals surface area contributed by atoms with Gasteiger partial charge in [-0.3, -0.25) is 4.79 Å². The predicted octanol–water partition coefficient (Wildman–Crippen LogP) is 2.27. The SMILES string of the molecule is COc1cccc(CNC(=O)C2(N)C3CCCOC3C2(C)C)c1.Cl. The fraction of sp³-hybridized carbons (Fsp3) is 0.611. The molecule has 0 spiro atoms. The maximum absolute atomic E-state index is 12.8. The molecule has 1 saturated carbocycles. The summed E-state index contributed by atoms with van der Waals surface area (Å²) in [6, 6.07) is 7.68. The number of nitrogens with one attached hydrogen (secondary N) is 1. The zero-order chi connectivity index (χ0) is 16.7. The lowest BCUT2D eigenvalue weighted by atomic mass is 9.46. The van der Waals surface area contributed by atoms with E-state index < -0.39 is 5.54 Å². The number of halogens is 1. The summed E-state index contributed by atoms with van der Waals surface area (Å²) in [4.78, 5) is 12.8. The summed E-state index contributed by atoms with van der Waals surface area (Å²) in [5.41, 5.74) is 6.36. The summed E-state index contributed by atoms with van der Waals surface area (Å²) >= 11 is 0. The summed E-state index contributed by atoms with van der Waals surface area (Å²) in [5, 5.41) is 3.01. The standard InChI is InChI=1S/C18H26N2O3.ClH/c1-17(2)15-14(8-5-9-23-15)18(17,19)16(21)20-11-12-6-4-7-13(10-12)22-3;/h4,6-7,10,14-15H,5,8-9,11,19H2,1-3H3,(H,20,21);1H. The fourth-order valence-electron chi connectivity index (χ4n) is 4.15. The number of nitrogens with two attached hydrogens (primary N) is 1. The molecule has 1 amide bonds. The van der Waals surface area contributed by atoms with Crippen molar-refractivity contribution in [1.29, 1.82) is 0 Å². The summed E-state index contributed by atoms with van der Waals surface area (Å²) in [5.74, 6) is 0.803. The Morgan fingerprint density at radius 2 is 2.21 bits per heavy atom. The molecule has 1 aromatic rings. The highest BCUT2D eigenvalue weighted by Crippen LogP contribution is 2.57. The third-order valence-electron chi connectivity index (χ3n) is 5.65. The average Bonchev–Trinajstić information content (AvgIpc) is 2.59. The molecule has 1 aromatic carbocycles. The molecular weight excluding hydrogens is 328 g/mol. The second-order valence-electron chi connectivity index (χ2n) is 7.17. The molecule has 1 saturated heterocycles. The summed E-state index contributed by atoms with van der Waals surface area (Å²) < 4.78 is 11.1. The van der Waals surface area contributed by atoms with Gasteiger partial charge in [-0.15, -0.1) is 12.4 Å². The number of rotatable bonds is 4. The van der Waals surface area contributed by atoms with Crippen LogP contribution in [0.4, 0.5) is 0 Å². The highest BCUT2D eigenvalue weighted by molar-refractivity contribution is 5.89. The van der Waals surface area contributed by atoms with Crippen molar-refractivity contribution >= 4 is 18.3 Å². The van der Waals surface area contributed by atoms with Gasteiger partial charge in [0.1, 0.15) is 11.3 Å². The molecular formula is C18H27ClN2O3.